The predicted octanol–water partition coefficient (Wildman–Crippen LogP) is 3.16. The lowest BCUT2D eigenvalue weighted by Gasteiger charge is -2.17. The zero-order chi connectivity index (χ0) is 18.4. The van der Waals surface area contributed by atoms with E-state index < -0.39 is 4.92 Å². The van der Waals surface area contributed by atoms with Crippen LogP contribution in [0.2, 0.25) is 0 Å². The van der Waals surface area contributed by atoms with Crippen LogP contribution in [0.15, 0.2) is 42.5 Å². The third-order valence-corrected chi connectivity index (χ3v) is 3.82. The highest BCUT2D eigenvalue weighted by Gasteiger charge is 2.12. The summed E-state index contributed by atoms with van der Waals surface area (Å²) in [6, 6.07) is 10.6. The van der Waals surface area contributed by atoms with Gasteiger partial charge in [-0.2, -0.15) is 0 Å². The number of carbonyl (C=O) groups excluding carboxylic acids is 1. The van der Waals surface area contributed by atoms with E-state index in [0.717, 1.165) is 11.1 Å². The smallest absolute Gasteiger partial charge is 0.271 e. The number of nitrogens with one attached hydrogen (secondary N) is 1. The first-order valence-electron chi connectivity index (χ1n) is 7.83. The highest BCUT2D eigenvalue weighted by Crippen LogP contribution is 2.21. The summed E-state index contributed by atoms with van der Waals surface area (Å²) in [4.78, 5) is 24.3. The number of hydrogen-bond donors (Lipinski definition) is 1. The molecule has 2 aromatic carbocycles. The maximum absolute atomic E-state index is 12.9. The molecule has 0 aromatic heterocycles. The molecule has 7 heteroatoms. The van der Waals surface area contributed by atoms with Crippen LogP contribution in [-0.4, -0.2) is 35.9 Å². The summed E-state index contributed by atoms with van der Waals surface area (Å²) < 4.78 is 12.9. The summed E-state index contributed by atoms with van der Waals surface area (Å²) in [5.41, 5.74) is 2.12. The van der Waals surface area contributed by atoms with Crippen molar-refractivity contribution in [2.45, 2.75) is 13.3 Å². The minimum absolute atomic E-state index is 0.0643. The molecule has 6 nitrogen and oxygen atoms in total. The van der Waals surface area contributed by atoms with Gasteiger partial charge in [-0.15, -0.1) is 0 Å². The fourth-order valence-corrected chi connectivity index (χ4v) is 2.34. The highest BCUT2D eigenvalue weighted by atomic mass is 19.1. The lowest BCUT2D eigenvalue weighted by Crippen LogP contribution is -2.31. The third-order valence-electron chi connectivity index (χ3n) is 3.82. The van der Waals surface area contributed by atoms with Gasteiger partial charge >= 0.3 is 0 Å². The number of aryl methyl sites for hydroxylation is 1. The molecule has 25 heavy (non-hydrogen) atoms. The van der Waals surface area contributed by atoms with E-state index in [-0.39, 0.29) is 24.0 Å². The molecule has 0 saturated carbocycles. The summed E-state index contributed by atoms with van der Waals surface area (Å²) in [5, 5.41) is 13.5. The Morgan fingerprint density at radius 3 is 2.56 bits per heavy atom. The minimum atomic E-state index is -0.496. The predicted molar refractivity (Wildman–Crippen MR) is 94.1 cm³/mol. The van der Waals surface area contributed by atoms with Crippen LogP contribution in [0.4, 0.5) is 15.8 Å². The van der Waals surface area contributed by atoms with Gasteiger partial charge in [-0.05, 0) is 43.7 Å². The molecule has 0 heterocycles. The third kappa shape index (κ3) is 5.65. The van der Waals surface area contributed by atoms with Crippen LogP contribution in [0.3, 0.4) is 0 Å². The second kappa shape index (κ2) is 8.34. The van der Waals surface area contributed by atoms with Gasteiger partial charge in [0, 0.05) is 18.7 Å². The van der Waals surface area contributed by atoms with E-state index in [9.17, 15) is 19.3 Å². The normalized spacial score (nSPS) is 10.7. The number of benzene rings is 2. The maximum atomic E-state index is 12.9. The second-order valence-electron chi connectivity index (χ2n) is 5.92. The van der Waals surface area contributed by atoms with E-state index >= 15 is 0 Å². The number of nitro groups is 1. The zero-order valence-corrected chi connectivity index (χ0v) is 14.2. The van der Waals surface area contributed by atoms with Crippen LogP contribution in [0.25, 0.3) is 0 Å². The molecule has 0 aliphatic heterocycles. The molecule has 0 aliphatic rings. The molecule has 0 atom stereocenters. The molecule has 0 radical (unpaired) electrons. The highest BCUT2D eigenvalue weighted by molar-refractivity contribution is 5.93. The van der Waals surface area contributed by atoms with Crippen LogP contribution >= 0.6 is 0 Å². The van der Waals surface area contributed by atoms with E-state index in [0.29, 0.717) is 18.7 Å². The van der Waals surface area contributed by atoms with Crippen molar-refractivity contribution < 1.29 is 14.1 Å². The Hall–Kier alpha value is -2.80. The largest absolute Gasteiger partial charge is 0.324 e. The lowest BCUT2D eigenvalue weighted by atomic mass is 10.1. The summed E-state index contributed by atoms with van der Waals surface area (Å²) in [5.74, 6) is -0.519. The fourth-order valence-electron chi connectivity index (χ4n) is 2.34. The number of nitro benzene ring substituents is 1. The number of rotatable bonds is 7. The van der Waals surface area contributed by atoms with Gasteiger partial charge in [0.15, 0.2) is 0 Å². The Balaban J connectivity index is 1.88. The molecule has 0 bridgehead atoms. The second-order valence-corrected chi connectivity index (χ2v) is 5.92. The Bertz CT molecular complexity index is 763. The number of non-ortho nitro benzene ring substituents is 1. The summed E-state index contributed by atoms with van der Waals surface area (Å²) >= 11 is 0. The van der Waals surface area contributed by atoms with Gasteiger partial charge in [0.25, 0.3) is 5.69 Å². The molecular weight excluding hydrogens is 325 g/mol. The van der Waals surface area contributed by atoms with Gasteiger partial charge in [0.2, 0.25) is 5.91 Å². The van der Waals surface area contributed by atoms with Crippen molar-refractivity contribution in [1.29, 1.82) is 0 Å². The van der Waals surface area contributed by atoms with Crippen molar-refractivity contribution in [2.75, 3.05) is 25.5 Å². The molecule has 0 spiro atoms. The van der Waals surface area contributed by atoms with E-state index in [1.807, 2.05) is 11.9 Å². The van der Waals surface area contributed by atoms with Crippen LogP contribution in [-0.2, 0) is 11.2 Å². The first-order chi connectivity index (χ1) is 11.8. The number of likely N-dealkylation sites (N-methyl/N-ethyl adjacent to an activating group) is 1. The van der Waals surface area contributed by atoms with Crippen LogP contribution in [0.5, 0.6) is 0 Å². The van der Waals surface area contributed by atoms with Crippen molar-refractivity contribution in [3.05, 3.63) is 69.5 Å². The van der Waals surface area contributed by atoms with Crippen molar-refractivity contribution in [1.82, 2.24) is 4.90 Å². The number of anilines is 1. The molecule has 0 unspecified atom stereocenters. The molecule has 1 amide bonds. The van der Waals surface area contributed by atoms with Gasteiger partial charge < -0.3 is 5.32 Å². The Labute approximate surface area is 145 Å². The van der Waals surface area contributed by atoms with Crippen LogP contribution < -0.4 is 5.32 Å². The van der Waals surface area contributed by atoms with Crippen molar-refractivity contribution in [2.24, 2.45) is 0 Å². The molecule has 0 saturated heterocycles. The molecule has 0 fully saturated rings. The molecule has 2 aromatic rings. The van der Waals surface area contributed by atoms with E-state index in [4.69, 9.17) is 0 Å². The molecular formula is C18H20FN3O3. The van der Waals surface area contributed by atoms with Gasteiger partial charge in [-0.3, -0.25) is 19.8 Å². The van der Waals surface area contributed by atoms with Gasteiger partial charge in [-0.25, -0.2) is 4.39 Å². The van der Waals surface area contributed by atoms with E-state index in [2.05, 4.69) is 5.32 Å². The number of halogens is 1. The molecule has 2 rings (SSSR count). The van der Waals surface area contributed by atoms with E-state index in [1.54, 1.807) is 25.1 Å². The van der Waals surface area contributed by atoms with Gasteiger partial charge in [0.05, 0.1) is 17.2 Å². The Kier molecular flexibility index (Phi) is 6.19. The fraction of sp³-hybridized carbons (Fsp3) is 0.278. The van der Waals surface area contributed by atoms with Gasteiger partial charge in [-0.1, -0.05) is 18.2 Å². The van der Waals surface area contributed by atoms with Gasteiger partial charge in [0.1, 0.15) is 5.82 Å². The van der Waals surface area contributed by atoms with Crippen molar-refractivity contribution >= 4 is 17.3 Å². The maximum Gasteiger partial charge on any atom is 0.271 e. The Morgan fingerprint density at radius 1 is 1.24 bits per heavy atom. The molecule has 132 valence electrons. The number of hydrogen-bond acceptors (Lipinski definition) is 4. The average molecular weight is 345 g/mol. The first-order valence-corrected chi connectivity index (χ1v) is 7.83. The minimum Gasteiger partial charge on any atom is -0.324 e. The quantitative estimate of drug-likeness (QED) is 0.618. The summed E-state index contributed by atoms with van der Waals surface area (Å²) in [6.45, 7) is 2.56. The SMILES string of the molecule is Cc1ccc([N+](=O)[O-])cc1NC(=O)CN(C)CCc1ccc(F)cc1. The number of nitrogens with zero attached hydrogens (tertiary/aromatic N) is 2. The number of amides is 1. The molecule has 0 aliphatic carbocycles. The lowest BCUT2D eigenvalue weighted by molar-refractivity contribution is -0.384. The standard InChI is InChI=1S/C18H20FN3O3/c1-13-3-8-16(22(24)25)11-17(13)20-18(23)12-21(2)10-9-14-4-6-15(19)7-5-14/h3-8,11H,9-10,12H2,1-2H3,(H,20,23). The summed E-state index contributed by atoms with van der Waals surface area (Å²) in [6.07, 6.45) is 0.694. The Morgan fingerprint density at radius 2 is 1.92 bits per heavy atom. The number of carbonyl (C=O) groups is 1. The monoisotopic (exact) mass is 345 g/mol. The van der Waals surface area contributed by atoms with Crippen LogP contribution in [0.1, 0.15) is 11.1 Å². The average Bonchev–Trinajstić information content (AvgIpc) is 2.56. The zero-order valence-electron chi connectivity index (χ0n) is 14.2. The summed E-state index contributed by atoms with van der Waals surface area (Å²) in [7, 11) is 1.81. The van der Waals surface area contributed by atoms with Crippen molar-refractivity contribution in [3.63, 3.8) is 0 Å². The topological polar surface area (TPSA) is 75.5 Å². The molecule has 1 N–H and O–H groups in total. The first kappa shape index (κ1) is 18.5. The van der Waals surface area contributed by atoms with Crippen LogP contribution in [0, 0.1) is 22.9 Å². The van der Waals surface area contributed by atoms with Crippen molar-refractivity contribution in [3.8, 4) is 0 Å². The van der Waals surface area contributed by atoms with E-state index in [1.165, 1.54) is 24.3 Å².